The number of amides is 4. The fourth-order valence-corrected chi connectivity index (χ4v) is 9.36. The fraction of sp³-hybridized carbons (Fsp3) is 0.211. The molecule has 4 aliphatic rings. The van der Waals surface area contributed by atoms with Crippen molar-refractivity contribution in [1.29, 1.82) is 0 Å². The van der Waals surface area contributed by atoms with Crippen LogP contribution in [0.25, 0.3) is 0 Å². The van der Waals surface area contributed by atoms with Gasteiger partial charge in [0.15, 0.2) is 0 Å². The lowest BCUT2D eigenvalue weighted by molar-refractivity contribution is -0.138. The minimum atomic E-state index is -1.58. The van der Waals surface area contributed by atoms with Gasteiger partial charge in [0.2, 0.25) is 11.8 Å². The SMILES string of the molecule is O=C1[C@@H]2C[C@@H]3C(=CC[C@@H]4C(=O)N(c5ccc(I)cc5)C(=O)[C@@H]43)[C@H](c3ccc(O)cc3Cl)[C@]2(c2ccc(Cl)cc2)C(=O)N1Nc1ccc(F)cc1. The lowest BCUT2D eigenvalue weighted by Gasteiger charge is -2.50. The molecule has 12 heteroatoms. The molecule has 6 atom stereocenters. The van der Waals surface area contributed by atoms with Crippen LogP contribution in [0.5, 0.6) is 5.75 Å². The Bertz CT molecular complexity index is 2130. The molecule has 3 fully saturated rings. The maximum atomic E-state index is 15.2. The standard InChI is InChI=1S/C38H27Cl2FIN3O5/c39-20-3-1-19(2-4-20)38-30(35(48)45(37(38)50)43-23-9-5-21(41)6-10-23)18-29-26(33(38)27-14-13-25(46)17-31(27)40)15-16-28-32(29)36(49)44(34(28)47)24-11-7-22(42)8-12-24/h1-15,17,28-30,32-33,43,46H,16,18H2/t28-,29+,30-,32-,33+,38+/m0/s1. The number of hydrogen-bond acceptors (Lipinski definition) is 6. The fourth-order valence-electron chi connectivity index (χ4n) is 8.59. The number of phenols is 1. The van der Waals surface area contributed by atoms with Gasteiger partial charge in [-0.25, -0.2) is 4.39 Å². The Morgan fingerprint density at radius 2 is 1.54 bits per heavy atom. The van der Waals surface area contributed by atoms with Crippen LogP contribution >= 0.6 is 45.8 Å². The van der Waals surface area contributed by atoms with Gasteiger partial charge in [0, 0.05) is 19.5 Å². The molecule has 1 saturated carbocycles. The molecule has 0 bridgehead atoms. The van der Waals surface area contributed by atoms with E-state index in [2.05, 4.69) is 28.0 Å². The summed E-state index contributed by atoms with van der Waals surface area (Å²) in [6, 6.07) is 23.7. The second kappa shape index (κ2) is 12.2. The average Bonchev–Trinajstić information content (AvgIpc) is 3.47. The zero-order chi connectivity index (χ0) is 35.1. The predicted octanol–water partition coefficient (Wildman–Crippen LogP) is 7.63. The van der Waals surface area contributed by atoms with Crippen molar-refractivity contribution in [2.45, 2.75) is 24.2 Å². The monoisotopic (exact) mass is 821 g/mol. The largest absolute Gasteiger partial charge is 0.508 e. The van der Waals surface area contributed by atoms with E-state index >= 15 is 4.79 Å². The first-order valence-electron chi connectivity index (χ1n) is 16.0. The van der Waals surface area contributed by atoms with Crippen LogP contribution in [0.4, 0.5) is 15.8 Å². The van der Waals surface area contributed by atoms with Gasteiger partial charge in [0.25, 0.3) is 11.8 Å². The Labute approximate surface area is 310 Å². The quantitative estimate of drug-likeness (QED) is 0.122. The highest BCUT2D eigenvalue weighted by Gasteiger charge is 2.70. The second-order valence-corrected chi connectivity index (χ2v) is 15.2. The van der Waals surface area contributed by atoms with Gasteiger partial charge in [-0.3, -0.25) is 29.5 Å². The molecule has 0 spiro atoms. The number of anilines is 2. The van der Waals surface area contributed by atoms with Gasteiger partial charge >= 0.3 is 0 Å². The molecule has 2 aliphatic heterocycles. The van der Waals surface area contributed by atoms with E-state index in [1.807, 2.05) is 18.2 Å². The molecule has 50 heavy (non-hydrogen) atoms. The van der Waals surface area contributed by atoms with Crippen LogP contribution in [0, 0.1) is 33.1 Å². The molecule has 2 saturated heterocycles. The third-order valence-electron chi connectivity index (χ3n) is 10.6. The topological polar surface area (TPSA) is 107 Å². The summed E-state index contributed by atoms with van der Waals surface area (Å²) in [6.07, 6.45) is 2.27. The molecule has 2 aliphatic carbocycles. The number of carbonyl (C=O) groups excluding carboxylic acids is 4. The summed E-state index contributed by atoms with van der Waals surface area (Å²) in [6.45, 7) is 0. The second-order valence-electron chi connectivity index (χ2n) is 13.1. The lowest BCUT2D eigenvalue weighted by Crippen LogP contribution is -2.53. The minimum absolute atomic E-state index is 0.0842. The van der Waals surface area contributed by atoms with E-state index in [4.69, 9.17) is 23.2 Å². The molecule has 252 valence electrons. The highest BCUT2D eigenvalue weighted by molar-refractivity contribution is 14.1. The number of rotatable bonds is 5. The van der Waals surface area contributed by atoms with E-state index in [0.29, 0.717) is 27.5 Å². The van der Waals surface area contributed by atoms with Gasteiger partial charge in [0.1, 0.15) is 11.6 Å². The van der Waals surface area contributed by atoms with Crippen LogP contribution in [0.1, 0.15) is 29.9 Å². The normalized spacial score (nSPS) is 27.2. The van der Waals surface area contributed by atoms with Crippen molar-refractivity contribution in [3.63, 3.8) is 0 Å². The highest BCUT2D eigenvalue weighted by Crippen LogP contribution is 2.65. The first kappa shape index (κ1) is 32.9. The molecule has 4 aromatic carbocycles. The minimum Gasteiger partial charge on any atom is -0.508 e. The molecule has 8 rings (SSSR count). The van der Waals surface area contributed by atoms with Crippen LogP contribution in [-0.2, 0) is 24.6 Å². The van der Waals surface area contributed by atoms with Crippen molar-refractivity contribution in [3.05, 3.63) is 133 Å². The summed E-state index contributed by atoms with van der Waals surface area (Å²) < 4.78 is 14.8. The maximum Gasteiger partial charge on any atom is 0.260 e. The van der Waals surface area contributed by atoms with Gasteiger partial charge in [0.05, 0.1) is 34.5 Å². The summed E-state index contributed by atoms with van der Waals surface area (Å²) in [5, 5.41) is 11.9. The number of imide groups is 2. The third kappa shape index (κ3) is 4.90. The molecule has 2 N–H and O–H groups in total. The average molecular weight is 822 g/mol. The molecule has 8 nitrogen and oxygen atoms in total. The smallest absolute Gasteiger partial charge is 0.260 e. The number of nitrogens with zero attached hydrogens (tertiary/aromatic N) is 2. The summed E-state index contributed by atoms with van der Waals surface area (Å²) in [4.78, 5) is 59.4. The van der Waals surface area contributed by atoms with Crippen LogP contribution in [0.3, 0.4) is 0 Å². The number of phenolic OH excluding ortho intramolecular Hbond substituents is 1. The lowest BCUT2D eigenvalue weighted by atomic mass is 9.49. The van der Waals surface area contributed by atoms with Crippen LogP contribution in [0.15, 0.2) is 103 Å². The van der Waals surface area contributed by atoms with E-state index < -0.39 is 52.6 Å². The van der Waals surface area contributed by atoms with Crippen LogP contribution in [0.2, 0.25) is 10.0 Å². The molecule has 0 aromatic heterocycles. The van der Waals surface area contributed by atoms with Crippen molar-refractivity contribution >= 4 is 80.8 Å². The van der Waals surface area contributed by atoms with Crippen molar-refractivity contribution in [3.8, 4) is 5.75 Å². The number of carbonyl (C=O) groups is 4. The number of fused-ring (bicyclic) bond motifs is 4. The Morgan fingerprint density at radius 3 is 2.22 bits per heavy atom. The van der Waals surface area contributed by atoms with Crippen molar-refractivity contribution in [2.24, 2.45) is 23.7 Å². The number of nitrogens with one attached hydrogen (secondary N) is 1. The van der Waals surface area contributed by atoms with Gasteiger partial charge in [-0.1, -0.05) is 53.1 Å². The first-order chi connectivity index (χ1) is 24.0. The van der Waals surface area contributed by atoms with Gasteiger partial charge in [-0.15, -0.1) is 0 Å². The van der Waals surface area contributed by atoms with Crippen molar-refractivity contribution in [1.82, 2.24) is 5.01 Å². The Balaban J connectivity index is 1.33. The van der Waals surface area contributed by atoms with Crippen LogP contribution in [-0.4, -0.2) is 33.7 Å². The first-order valence-corrected chi connectivity index (χ1v) is 17.8. The number of benzene rings is 4. The molecule has 0 radical (unpaired) electrons. The molecule has 0 unspecified atom stereocenters. The molecule has 2 heterocycles. The maximum absolute atomic E-state index is 15.2. The highest BCUT2D eigenvalue weighted by atomic mass is 127. The number of aromatic hydroxyl groups is 1. The molecular formula is C38H27Cl2FIN3O5. The van der Waals surface area contributed by atoms with Crippen molar-refractivity contribution < 1.29 is 28.7 Å². The van der Waals surface area contributed by atoms with E-state index in [0.717, 1.165) is 14.2 Å². The van der Waals surface area contributed by atoms with Crippen LogP contribution < -0.4 is 10.3 Å². The number of allylic oxidation sites excluding steroid dienone is 2. The van der Waals surface area contributed by atoms with E-state index in [9.17, 15) is 23.9 Å². The third-order valence-corrected chi connectivity index (χ3v) is 11.9. The zero-order valence-corrected chi connectivity index (χ0v) is 29.7. The molecule has 4 amide bonds. The summed E-state index contributed by atoms with van der Waals surface area (Å²) in [7, 11) is 0. The Morgan fingerprint density at radius 1 is 0.840 bits per heavy atom. The van der Waals surface area contributed by atoms with E-state index in [1.165, 1.54) is 41.3 Å². The Hall–Kier alpha value is -4.26. The summed E-state index contributed by atoms with van der Waals surface area (Å²) in [5.41, 5.74) is 3.85. The van der Waals surface area contributed by atoms with Gasteiger partial charge < -0.3 is 5.11 Å². The van der Waals surface area contributed by atoms with E-state index in [-0.39, 0.29) is 35.4 Å². The van der Waals surface area contributed by atoms with Gasteiger partial charge in [-0.2, -0.15) is 5.01 Å². The number of hydrazine groups is 1. The van der Waals surface area contributed by atoms with Gasteiger partial charge in [-0.05, 0) is 125 Å². The van der Waals surface area contributed by atoms with E-state index in [1.54, 1.807) is 42.5 Å². The molecule has 4 aromatic rings. The molecular weight excluding hydrogens is 795 g/mol. The van der Waals surface area contributed by atoms with Crippen molar-refractivity contribution in [2.75, 3.05) is 10.3 Å². The summed E-state index contributed by atoms with van der Waals surface area (Å²) >= 11 is 15.4. The number of halogens is 4. The Kier molecular flexibility index (Phi) is 8.04. The predicted molar refractivity (Wildman–Crippen MR) is 194 cm³/mol. The number of hydrogen-bond donors (Lipinski definition) is 2. The zero-order valence-electron chi connectivity index (χ0n) is 26.0. The summed E-state index contributed by atoms with van der Waals surface area (Å²) in [5.74, 6) is -6.28.